The Hall–Kier alpha value is -3.48. The predicted octanol–water partition coefficient (Wildman–Crippen LogP) is 2.56. The van der Waals surface area contributed by atoms with E-state index in [9.17, 15) is 9.59 Å². The molecule has 2 heterocycles. The molecule has 3 aromatic rings. The van der Waals surface area contributed by atoms with Crippen LogP contribution in [0, 0.1) is 6.92 Å². The van der Waals surface area contributed by atoms with Crippen LogP contribution >= 0.6 is 0 Å². The first-order chi connectivity index (χ1) is 12.1. The number of aryl methyl sites for hydroxylation is 1. The maximum atomic E-state index is 12.3. The minimum absolute atomic E-state index is 0.280. The summed E-state index contributed by atoms with van der Waals surface area (Å²) in [4.78, 5) is 28.6. The Balaban J connectivity index is 1.66. The fourth-order valence-corrected chi connectivity index (χ4v) is 2.19. The van der Waals surface area contributed by atoms with Crippen molar-refractivity contribution in [3.8, 4) is 0 Å². The highest BCUT2D eigenvalue weighted by molar-refractivity contribution is 6.05. The van der Waals surface area contributed by atoms with Crippen molar-refractivity contribution in [3.63, 3.8) is 0 Å². The maximum absolute atomic E-state index is 12.3. The average molecular weight is 336 g/mol. The van der Waals surface area contributed by atoms with Crippen LogP contribution in [-0.2, 0) is 6.54 Å². The summed E-state index contributed by atoms with van der Waals surface area (Å²) in [5.41, 5.74) is 1.50. The van der Waals surface area contributed by atoms with Gasteiger partial charge in [-0.05, 0) is 37.3 Å². The van der Waals surface area contributed by atoms with Gasteiger partial charge in [-0.25, -0.2) is 0 Å². The van der Waals surface area contributed by atoms with Gasteiger partial charge in [0.25, 0.3) is 11.8 Å². The molecule has 0 saturated heterocycles. The third-order valence-electron chi connectivity index (χ3n) is 3.41. The first kappa shape index (κ1) is 16.4. The van der Waals surface area contributed by atoms with Gasteiger partial charge < -0.3 is 15.2 Å². The van der Waals surface area contributed by atoms with E-state index < -0.39 is 0 Å². The number of nitrogens with one attached hydrogen (secondary N) is 2. The molecule has 3 rings (SSSR count). The second kappa shape index (κ2) is 7.39. The molecule has 0 unspecified atom stereocenters. The van der Waals surface area contributed by atoms with E-state index in [-0.39, 0.29) is 11.8 Å². The Morgan fingerprint density at radius 3 is 2.52 bits per heavy atom. The lowest BCUT2D eigenvalue weighted by molar-refractivity contribution is 0.0950. The van der Waals surface area contributed by atoms with E-state index in [0.717, 1.165) is 5.69 Å². The molecular formula is C18H16N4O3. The smallest absolute Gasteiger partial charge is 0.256 e. The van der Waals surface area contributed by atoms with Gasteiger partial charge >= 0.3 is 0 Å². The van der Waals surface area contributed by atoms with Gasteiger partial charge in [-0.15, -0.1) is 0 Å². The van der Waals surface area contributed by atoms with Crippen LogP contribution in [0.4, 0.5) is 5.82 Å². The van der Waals surface area contributed by atoms with Crippen molar-refractivity contribution in [1.29, 1.82) is 0 Å². The number of rotatable bonds is 5. The zero-order valence-corrected chi connectivity index (χ0v) is 13.5. The topological polar surface area (TPSA) is 97.1 Å². The van der Waals surface area contributed by atoms with Gasteiger partial charge in [0.15, 0.2) is 5.82 Å². The van der Waals surface area contributed by atoms with Gasteiger partial charge in [-0.1, -0.05) is 17.3 Å². The molecule has 126 valence electrons. The third kappa shape index (κ3) is 4.29. The third-order valence-corrected chi connectivity index (χ3v) is 3.41. The molecule has 0 spiro atoms. The average Bonchev–Trinajstić information content (AvgIpc) is 3.05. The lowest BCUT2D eigenvalue weighted by Crippen LogP contribution is -2.23. The molecule has 0 aliphatic rings. The first-order valence-electron chi connectivity index (χ1n) is 7.64. The van der Waals surface area contributed by atoms with E-state index in [1.54, 1.807) is 37.4 Å². The van der Waals surface area contributed by atoms with Crippen molar-refractivity contribution < 1.29 is 14.1 Å². The van der Waals surface area contributed by atoms with E-state index in [4.69, 9.17) is 4.52 Å². The summed E-state index contributed by atoms with van der Waals surface area (Å²) in [6, 6.07) is 13.5. The molecule has 7 heteroatoms. The van der Waals surface area contributed by atoms with Crippen LogP contribution in [0.1, 0.15) is 32.2 Å². The zero-order valence-electron chi connectivity index (χ0n) is 13.5. The van der Waals surface area contributed by atoms with Gasteiger partial charge in [0.1, 0.15) is 5.76 Å². The minimum atomic E-state index is -0.368. The van der Waals surface area contributed by atoms with E-state index in [1.807, 2.05) is 18.2 Å². The van der Waals surface area contributed by atoms with Crippen LogP contribution in [-0.4, -0.2) is 22.0 Å². The van der Waals surface area contributed by atoms with Crippen molar-refractivity contribution in [2.45, 2.75) is 13.5 Å². The molecule has 0 radical (unpaired) electrons. The highest BCUT2D eigenvalue weighted by atomic mass is 16.5. The van der Waals surface area contributed by atoms with Crippen molar-refractivity contribution in [2.24, 2.45) is 0 Å². The van der Waals surface area contributed by atoms with E-state index in [0.29, 0.717) is 29.2 Å². The first-order valence-corrected chi connectivity index (χ1v) is 7.64. The molecular weight excluding hydrogens is 320 g/mol. The Labute approximate surface area is 144 Å². The molecule has 2 amide bonds. The number of pyridine rings is 1. The maximum Gasteiger partial charge on any atom is 0.256 e. The highest BCUT2D eigenvalue weighted by Gasteiger charge is 2.12. The monoisotopic (exact) mass is 336 g/mol. The molecule has 25 heavy (non-hydrogen) atoms. The summed E-state index contributed by atoms with van der Waals surface area (Å²) < 4.78 is 4.90. The second-order valence-corrected chi connectivity index (χ2v) is 5.36. The van der Waals surface area contributed by atoms with Crippen LogP contribution < -0.4 is 10.6 Å². The molecule has 2 N–H and O–H groups in total. The number of hydrogen-bond donors (Lipinski definition) is 2. The Morgan fingerprint density at radius 1 is 1.04 bits per heavy atom. The van der Waals surface area contributed by atoms with Crippen LogP contribution in [0.5, 0.6) is 0 Å². The summed E-state index contributed by atoms with van der Waals surface area (Å²) in [6.07, 6.45) is 1.66. The lowest BCUT2D eigenvalue weighted by atomic mass is 10.1. The number of anilines is 1. The number of benzene rings is 1. The second-order valence-electron chi connectivity index (χ2n) is 5.36. The summed E-state index contributed by atoms with van der Waals surface area (Å²) in [7, 11) is 0. The summed E-state index contributed by atoms with van der Waals surface area (Å²) in [5.74, 6) is 0.274. The lowest BCUT2D eigenvalue weighted by Gasteiger charge is -2.07. The molecule has 0 saturated carbocycles. The van der Waals surface area contributed by atoms with Crippen molar-refractivity contribution in [2.75, 3.05) is 5.32 Å². The molecule has 0 aliphatic heterocycles. The van der Waals surface area contributed by atoms with Crippen LogP contribution in [0.15, 0.2) is 59.3 Å². The summed E-state index contributed by atoms with van der Waals surface area (Å²) in [5, 5.41) is 9.10. The van der Waals surface area contributed by atoms with Crippen LogP contribution in [0.25, 0.3) is 0 Å². The number of nitrogens with zero attached hydrogens (tertiary/aromatic N) is 2. The number of hydrogen-bond acceptors (Lipinski definition) is 5. The Kier molecular flexibility index (Phi) is 4.84. The van der Waals surface area contributed by atoms with Gasteiger partial charge in [0, 0.05) is 23.4 Å². The Bertz CT molecular complexity index is 890. The fraction of sp³-hybridized carbons (Fsp3) is 0.111. The number of amides is 2. The van der Waals surface area contributed by atoms with Gasteiger partial charge in [0.2, 0.25) is 0 Å². The van der Waals surface area contributed by atoms with Crippen molar-refractivity contribution in [1.82, 2.24) is 15.5 Å². The van der Waals surface area contributed by atoms with Crippen LogP contribution in [0.3, 0.4) is 0 Å². The van der Waals surface area contributed by atoms with Crippen LogP contribution in [0.2, 0.25) is 0 Å². The summed E-state index contributed by atoms with van der Waals surface area (Å²) >= 11 is 0. The summed E-state index contributed by atoms with van der Waals surface area (Å²) in [6.45, 7) is 2.05. The van der Waals surface area contributed by atoms with Gasteiger partial charge in [-0.3, -0.25) is 14.6 Å². The van der Waals surface area contributed by atoms with Crippen molar-refractivity contribution in [3.05, 3.63) is 77.3 Å². The van der Waals surface area contributed by atoms with Crippen molar-refractivity contribution >= 4 is 17.6 Å². The number of carbonyl (C=O) groups is 2. The fourth-order valence-electron chi connectivity index (χ4n) is 2.19. The van der Waals surface area contributed by atoms with E-state index in [1.165, 1.54) is 6.07 Å². The highest BCUT2D eigenvalue weighted by Crippen LogP contribution is 2.11. The minimum Gasteiger partial charge on any atom is -0.360 e. The van der Waals surface area contributed by atoms with Gasteiger partial charge in [-0.2, -0.15) is 0 Å². The number of carbonyl (C=O) groups excluding carboxylic acids is 2. The van der Waals surface area contributed by atoms with E-state index >= 15 is 0 Å². The molecule has 0 atom stereocenters. The molecule has 2 aromatic heterocycles. The molecule has 1 aromatic carbocycles. The normalized spacial score (nSPS) is 10.3. The number of aromatic nitrogens is 2. The Morgan fingerprint density at radius 2 is 1.84 bits per heavy atom. The quantitative estimate of drug-likeness (QED) is 0.746. The van der Waals surface area contributed by atoms with Gasteiger partial charge in [0.05, 0.1) is 12.2 Å². The largest absolute Gasteiger partial charge is 0.360 e. The van der Waals surface area contributed by atoms with E-state index in [2.05, 4.69) is 20.8 Å². The zero-order chi connectivity index (χ0) is 17.6. The molecule has 0 fully saturated rings. The molecule has 0 aliphatic carbocycles. The standard InChI is InChI=1S/C18H16N4O3/c1-12-9-16(22-25-12)21-18(24)14-6-4-5-13(10-14)17(23)20-11-15-7-2-3-8-19-15/h2-10H,11H2,1H3,(H,20,23)(H,21,22,24). The predicted molar refractivity (Wildman–Crippen MR) is 91.0 cm³/mol. The SMILES string of the molecule is Cc1cc(NC(=O)c2cccc(C(=O)NCc3ccccn3)c2)no1. The molecule has 7 nitrogen and oxygen atoms in total. The molecule has 0 bridgehead atoms.